The standard InChI is InChI=1S/C12H17N5O3/c1-12(10(18)19)3-2-4-17(12)11(20)15-5-6-16-8-13-14-9(16)7-15/h8H,2-7H2,1H3,(H,18,19). The number of amides is 2. The molecule has 3 rings (SSSR count). The molecule has 1 fully saturated rings. The van der Waals surface area contributed by atoms with Crippen LogP contribution >= 0.6 is 0 Å². The van der Waals surface area contributed by atoms with Crippen LogP contribution in [-0.4, -0.2) is 60.3 Å². The van der Waals surface area contributed by atoms with Gasteiger partial charge < -0.3 is 19.5 Å². The summed E-state index contributed by atoms with van der Waals surface area (Å²) in [6.45, 7) is 3.68. The van der Waals surface area contributed by atoms with Crippen LogP contribution in [0.1, 0.15) is 25.6 Å². The van der Waals surface area contributed by atoms with Crippen LogP contribution in [0.2, 0.25) is 0 Å². The second kappa shape index (κ2) is 4.46. The quantitative estimate of drug-likeness (QED) is 0.790. The molecule has 8 nitrogen and oxygen atoms in total. The number of carboxylic acids is 1. The van der Waals surface area contributed by atoms with Crippen molar-refractivity contribution in [1.82, 2.24) is 24.6 Å². The molecule has 1 aromatic rings. The van der Waals surface area contributed by atoms with Gasteiger partial charge in [-0.1, -0.05) is 0 Å². The minimum atomic E-state index is -1.10. The number of carboxylic acid groups (broad SMARTS) is 1. The Bertz CT molecular complexity index is 557. The smallest absolute Gasteiger partial charge is 0.329 e. The second-order valence-electron chi connectivity index (χ2n) is 5.48. The summed E-state index contributed by atoms with van der Waals surface area (Å²) in [6, 6.07) is -0.221. The number of aliphatic carboxylic acids is 1. The molecule has 1 N–H and O–H groups in total. The van der Waals surface area contributed by atoms with Crippen molar-refractivity contribution in [2.75, 3.05) is 13.1 Å². The van der Waals surface area contributed by atoms with Crippen molar-refractivity contribution in [1.29, 1.82) is 0 Å². The van der Waals surface area contributed by atoms with Crippen molar-refractivity contribution in [2.24, 2.45) is 0 Å². The van der Waals surface area contributed by atoms with Crippen molar-refractivity contribution in [3.05, 3.63) is 12.2 Å². The van der Waals surface area contributed by atoms with Gasteiger partial charge in [0.05, 0.1) is 6.54 Å². The molecule has 0 radical (unpaired) electrons. The van der Waals surface area contributed by atoms with E-state index in [0.29, 0.717) is 32.6 Å². The Morgan fingerprint density at radius 3 is 2.90 bits per heavy atom. The number of carbonyl (C=O) groups is 2. The number of aromatic nitrogens is 3. The fourth-order valence-corrected chi connectivity index (χ4v) is 2.89. The molecule has 0 aromatic carbocycles. The third-order valence-electron chi connectivity index (χ3n) is 4.24. The molecule has 1 unspecified atom stereocenters. The molecule has 0 aliphatic carbocycles. The van der Waals surface area contributed by atoms with Gasteiger partial charge in [0.1, 0.15) is 11.9 Å². The first-order valence-electron chi connectivity index (χ1n) is 6.69. The Balaban J connectivity index is 1.78. The van der Waals surface area contributed by atoms with Gasteiger partial charge >= 0.3 is 12.0 Å². The average molecular weight is 279 g/mol. The molecular formula is C12H17N5O3. The maximum absolute atomic E-state index is 12.6. The summed E-state index contributed by atoms with van der Waals surface area (Å²) in [5.41, 5.74) is -1.10. The van der Waals surface area contributed by atoms with Gasteiger partial charge in [0, 0.05) is 19.6 Å². The molecule has 0 spiro atoms. The van der Waals surface area contributed by atoms with E-state index in [0.717, 1.165) is 12.2 Å². The monoisotopic (exact) mass is 279 g/mol. The summed E-state index contributed by atoms with van der Waals surface area (Å²) >= 11 is 0. The predicted octanol–water partition coefficient (Wildman–Crippen LogP) is 0.153. The van der Waals surface area contributed by atoms with E-state index >= 15 is 0 Å². The fraction of sp³-hybridized carbons (Fsp3) is 0.667. The fourth-order valence-electron chi connectivity index (χ4n) is 2.89. The van der Waals surface area contributed by atoms with Crippen LogP contribution < -0.4 is 0 Å². The number of hydrogen-bond donors (Lipinski definition) is 1. The van der Waals surface area contributed by atoms with Crippen LogP contribution in [0.4, 0.5) is 4.79 Å². The first kappa shape index (κ1) is 12.9. The molecule has 2 aliphatic heterocycles. The molecule has 1 atom stereocenters. The van der Waals surface area contributed by atoms with Gasteiger partial charge in [-0.2, -0.15) is 0 Å². The van der Waals surface area contributed by atoms with E-state index in [4.69, 9.17) is 0 Å². The lowest BCUT2D eigenvalue weighted by Crippen LogP contribution is -2.56. The lowest BCUT2D eigenvalue weighted by molar-refractivity contribution is -0.147. The van der Waals surface area contributed by atoms with Crippen LogP contribution in [0.3, 0.4) is 0 Å². The van der Waals surface area contributed by atoms with Gasteiger partial charge in [-0.05, 0) is 19.8 Å². The number of nitrogens with zero attached hydrogens (tertiary/aromatic N) is 5. The van der Waals surface area contributed by atoms with Crippen molar-refractivity contribution >= 4 is 12.0 Å². The zero-order chi connectivity index (χ0) is 14.3. The minimum absolute atomic E-state index is 0.221. The van der Waals surface area contributed by atoms with Gasteiger partial charge in [0.25, 0.3) is 0 Å². The molecule has 2 amide bonds. The molecule has 108 valence electrons. The SMILES string of the molecule is CC1(C(=O)O)CCCN1C(=O)N1CCn2cnnc2C1. The van der Waals surface area contributed by atoms with Gasteiger partial charge in [0.2, 0.25) is 0 Å². The predicted molar refractivity (Wildman–Crippen MR) is 67.8 cm³/mol. The summed E-state index contributed by atoms with van der Waals surface area (Å²) in [7, 11) is 0. The van der Waals surface area contributed by atoms with E-state index < -0.39 is 11.5 Å². The Hall–Kier alpha value is -2.12. The number of urea groups is 1. The highest BCUT2D eigenvalue weighted by Gasteiger charge is 2.47. The number of likely N-dealkylation sites (tertiary alicyclic amines) is 1. The number of hydrogen-bond acceptors (Lipinski definition) is 4. The number of rotatable bonds is 1. The van der Waals surface area contributed by atoms with Crippen LogP contribution in [-0.2, 0) is 17.9 Å². The summed E-state index contributed by atoms with van der Waals surface area (Å²) in [5.74, 6) is -0.204. The minimum Gasteiger partial charge on any atom is -0.480 e. The van der Waals surface area contributed by atoms with Crippen LogP contribution in [0.15, 0.2) is 6.33 Å². The molecule has 1 saturated heterocycles. The van der Waals surface area contributed by atoms with E-state index in [9.17, 15) is 14.7 Å². The first-order valence-corrected chi connectivity index (χ1v) is 6.69. The highest BCUT2D eigenvalue weighted by Crippen LogP contribution is 2.30. The van der Waals surface area contributed by atoms with E-state index in [1.54, 1.807) is 18.2 Å². The highest BCUT2D eigenvalue weighted by molar-refractivity contribution is 5.86. The normalized spacial score (nSPS) is 25.6. The largest absolute Gasteiger partial charge is 0.480 e. The van der Waals surface area contributed by atoms with Crippen molar-refractivity contribution in [3.63, 3.8) is 0 Å². The maximum Gasteiger partial charge on any atom is 0.329 e. The third-order valence-corrected chi connectivity index (χ3v) is 4.24. The van der Waals surface area contributed by atoms with Crippen LogP contribution in [0.25, 0.3) is 0 Å². The molecular weight excluding hydrogens is 262 g/mol. The van der Waals surface area contributed by atoms with E-state index in [1.165, 1.54) is 4.90 Å². The van der Waals surface area contributed by atoms with Crippen molar-refractivity contribution in [2.45, 2.75) is 38.4 Å². The van der Waals surface area contributed by atoms with E-state index in [-0.39, 0.29) is 6.03 Å². The molecule has 20 heavy (non-hydrogen) atoms. The van der Waals surface area contributed by atoms with Gasteiger partial charge in [0.15, 0.2) is 5.82 Å². The lowest BCUT2D eigenvalue weighted by atomic mass is 10.00. The Morgan fingerprint density at radius 1 is 1.35 bits per heavy atom. The van der Waals surface area contributed by atoms with Crippen LogP contribution in [0.5, 0.6) is 0 Å². The summed E-state index contributed by atoms with van der Waals surface area (Å²) in [6.07, 6.45) is 2.87. The van der Waals surface area contributed by atoms with Gasteiger partial charge in [-0.3, -0.25) is 0 Å². The molecule has 0 bridgehead atoms. The maximum atomic E-state index is 12.6. The first-order chi connectivity index (χ1) is 9.52. The van der Waals surface area contributed by atoms with Crippen molar-refractivity contribution < 1.29 is 14.7 Å². The average Bonchev–Trinajstić information content (AvgIpc) is 3.03. The molecule has 1 aromatic heterocycles. The summed E-state index contributed by atoms with van der Waals surface area (Å²) in [5, 5.41) is 17.2. The molecule has 2 aliphatic rings. The highest BCUT2D eigenvalue weighted by atomic mass is 16.4. The Kier molecular flexibility index (Phi) is 2.88. The lowest BCUT2D eigenvalue weighted by Gasteiger charge is -2.37. The zero-order valence-electron chi connectivity index (χ0n) is 11.3. The van der Waals surface area contributed by atoms with Gasteiger partial charge in [-0.25, -0.2) is 9.59 Å². The van der Waals surface area contributed by atoms with Crippen molar-refractivity contribution in [3.8, 4) is 0 Å². The summed E-state index contributed by atoms with van der Waals surface area (Å²) < 4.78 is 1.91. The van der Waals surface area contributed by atoms with Gasteiger partial charge in [-0.15, -0.1) is 10.2 Å². The number of fused-ring (bicyclic) bond motifs is 1. The third kappa shape index (κ3) is 1.83. The number of carbonyl (C=O) groups excluding carboxylic acids is 1. The Morgan fingerprint density at radius 2 is 2.15 bits per heavy atom. The van der Waals surface area contributed by atoms with E-state index in [2.05, 4.69) is 10.2 Å². The van der Waals surface area contributed by atoms with E-state index in [1.807, 2.05) is 4.57 Å². The molecule has 0 saturated carbocycles. The van der Waals surface area contributed by atoms with Crippen LogP contribution in [0, 0.1) is 0 Å². The zero-order valence-corrected chi connectivity index (χ0v) is 11.3. The second-order valence-corrected chi connectivity index (χ2v) is 5.48. The summed E-state index contributed by atoms with van der Waals surface area (Å²) in [4.78, 5) is 27.1. The molecule has 3 heterocycles. The Labute approximate surface area is 116 Å². The topological polar surface area (TPSA) is 91.6 Å². The molecule has 8 heteroatoms.